The molecule has 0 atom stereocenters. The molecule has 0 aliphatic heterocycles. The lowest BCUT2D eigenvalue weighted by atomic mass is 10.0. The van der Waals surface area contributed by atoms with E-state index in [0.29, 0.717) is 24.5 Å². The van der Waals surface area contributed by atoms with Crippen LogP contribution in [0.4, 0.5) is 10.5 Å². The first-order valence-corrected chi connectivity index (χ1v) is 12.8. The molecule has 0 aliphatic rings. The van der Waals surface area contributed by atoms with E-state index in [4.69, 9.17) is 9.47 Å². The third-order valence-corrected chi connectivity index (χ3v) is 5.90. The van der Waals surface area contributed by atoms with E-state index in [1.807, 2.05) is 42.5 Å². The van der Waals surface area contributed by atoms with Gasteiger partial charge in [-0.1, -0.05) is 70.2 Å². The molecule has 2 N–H and O–H groups in total. The first-order chi connectivity index (χ1) is 17.4. The van der Waals surface area contributed by atoms with Crippen molar-refractivity contribution >= 4 is 23.8 Å². The van der Waals surface area contributed by atoms with Gasteiger partial charge < -0.3 is 19.9 Å². The van der Waals surface area contributed by atoms with Crippen molar-refractivity contribution in [3.8, 4) is 16.9 Å². The number of carboxylic acids is 1. The molecule has 2 aromatic carbocycles. The molecule has 36 heavy (non-hydrogen) atoms. The van der Waals surface area contributed by atoms with Crippen molar-refractivity contribution in [1.29, 1.82) is 0 Å². The first kappa shape index (κ1) is 28.8. The summed E-state index contributed by atoms with van der Waals surface area (Å²) in [6.07, 6.45) is 9.10. The molecule has 196 valence electrons. The molecule has 0 bridgehead atoms. The summed E-state index contributed by atoms with van der Waals surface area (Å²) in [4.78, 5) is 25.6. The number of amides is 2. The number of benzene rings is 2. The van der Waals surface area contributed by atoms with Crippen LogP contribution in [0.3, 0.4) is 0 Å². The van der Waals surface area contributed by atoms with E-state index in [2.05, 4.69) is 19.2 Å². The molecule has 0 saturated carbocycles. The second-order valence-corrected chi connectivity index (χ2v) is 8.73. The van der Waals surface area contributed by atoms with E-state index in [1.54, 1.807) is 11.9 Å². The number of carbonyl (C=O) groups excluding carboxylic acids is 1. The monoisotopic (exact) mass is 496 g/mol. The van der Waals surface area contributed by atoms with Gasteiger partial charge in [-0.25, -0.2) is 9.59 Å². The summed E-state index contributed by atoms with van der Waals surface area (Å²) in [5.74, 6) is -0.637. The molecule has 2 rings (SSSR count). The lowest BCUT2D eigenvalue weighted by molar-refractivity contribution is -0.135. The molecule has 0 radical (unpaired) electrons. The van der Waals surface area contributed by atoms with Gasteiger partial charge in [0.1, 0.15) is 5.75 Å². The van der Waals surface area contributed by atoms with Crippen LogP contribution in [0.2, 0.25) is 0 Å². The number of hydrogen-bond acceptors (Lipinski definition) is 4. The molecule has 0 aliphatic carbocycles. The Labute approximate surface area is 215 Å². The molecular formula is C29H40N2O5. The Balaban J connectivity index is 2.24. The highest BCUT2D eigenvalue weighted by Crippen LogP contribution is 2.34. The van der Waals surface area contributed by atoms with Gasteiger partial charge in [-0.3, -0.25) is 4.90 Å². The first-order valence-electron chi connectivity index (χ1n) is 12.8. The Hall–Kier alpha value is -3.48. The summed E-state index contributed by atoms with van der Waals surface area (Å²) in [5.41, 5.74) is 3.20. The number of nitrogens with zero attached hydrogens (tertiary/aromatic N) is 1. The molecule has 2 amide bonds. The highest BCUT2D eigenvalue weighted by molar-refractivity contribution is 5.92. The summed E-state index contributed by atoms with van der Waals surface area (Å²) < 4.78 is 11.0. The van der Waals surface area contributed by atoms with Crippen LogP contribution in [0.1, 0.15) is 64.4 Å². The zero-order chi connectivity index (χ0) is 26.3. The number of hydrogen-bond donors (Lipinski definition) is 2. The Morgan fingerprint density at radius 3 is 2.44 bits per heavy atom. The van der Waals surface area contributed by atoms with Gasteiger partial charge in [0, 0.05) is 24.8 Å². The third-order valence-electron chi connectivity index (χ3n) is 5.90. The third kappa shape index (κ3) is 8.95. The second kappa shape index (κ2) is 15.5. The number of anilines is 1. The predicted octanol–water partition coefficient (Wildman–Crippen LogP) is 6.72. The van der Waals surface area contributed by atoms with Crippen LogP contribution in [-0.2, 0) is 9.53 Å². The highest BCUT2D eigenvalue weighted by atomic mass is 16.5. The maximum Gasteiger partial charge on any atom is 0.371 e. The van der Waals surface area contributed by atoms with E-state index in [0.717, 1.165) is 42.5 Å². The van der Waals surface area contributed by atoms with Crippen molar-refractivity contribution in [2.24, 2.45) is 0 Å². The minimum Gasteiger partial charge on any atom is -0.493 e. The largest absolute Gasteiger partial charge is 0.493 e. The van der Waals surface area contributed by atoms with E-state index in [-0.39, 0.29) is 11.8 Å². The normalized spacial score (nSPS) is 11.2. The molecule has 2 aromatic rings. The predicted molar refractivity (Wildman–Crippen MR) is 145 cm³/mol. The van der Waals surface area contributed by atoms with Gasteiger partial charge in [0.2, 0.25) is 5.76 Å². The number of nitrogens with one attached hydrogen (secondary N) is 1. The summed E-state index contributed by atoms with van der Waals surface area (Å²) in [6.45, 7) is 5.49. The minimum absolute atomic E-state index is 0.136. The van der Waals surface area contributed by atoms with Gasteiger partial charge in [-0.05, 0) is 48.2 Å². The van der Waals surface area contributed by atoms with E-state index in [9.17, 15) is 14.7 Å². The van der Waals surface area contributed by atoms with Crippen LogP contribution < -0.4 is 15.0 Å². The van der Waals surface area contributed by atoms with Crippen molar-refractivity contribution in [1.82, 2.24) is 5.32 Å². The smallest absolute Gasteiger partial charge is 0.371 e. The van der Waals surface area contributed by atoms with Crippen molar-refractivity contribution in [3.63, 3.8) is 0 Å². The molecule has 0 aromatic heterocycles. The van der Waals surface area contributed by atoms with Gasteiger partial charge in [-0.2, -0.15) is 0 Å². The van der Waals surface area contributed by atoms with Gasteiger partial charge in [-0.15, -0.1) is 0 Å². The topological polar surface area (TPSA) is 88.1 Å². The standard InChI is InChI=1S/C29H40N2O5/c1-5-7-9-10-11-17-30-29(34)31(3)24-14-12-13-23(21-24)25-16-15-22(20-27(35-4)28(32)33)19-26(25)36-18-8-6-2/h12-16,19-21H,5-11,17-18H2,1-4H3,(H,30,34)(H,32,33)/b27-20-. The SMILES string of the molecule is CCCCCCCNC(=O)N(C)c1cccc(-c2ccc(/C=C(\OC)C(=O)O)cc2OCCCC)c1. The summed E-state index contributed by atoms with van der Waals surface area (Å²) in [5, 5.41) is 12.3. The van der Waals surface area contributed by atoms with Crippen molar-refractivity contribution in [2.75, 3.05) is 32.2 Å². The summed E-state index contributed by atoms with van der Waals surface area (Å²) in [7, 11) is 3.09. The van der Waals surface area contributed by atoms with E-state index in [1.165, 1.54) is 32.4 Å². The van der Waals surface area contributed by atoms with Crippen LogP contribution in [0.5, 0.6) is 5.75 Å². The van der Waals surface area contributed by atoms with E-state index < -0.39 is 5.97 Å². The van der Waals surface area contributed by atoms with E-state index >= 15 is 0 Å². The Bertz CT molecular complexity index is 1020. The molecule has 0 heterocycles. The van der Waals surface area contributed by atoms with Crippen LogP contribution in [0.25, 0.3) is 17.2 Å². The average Bonchev–Trinajstić information content (AvgIpc) is 2.88. The molecule has 7 heteroatoms. The van der Waals surface area contributed by atoms with Gasteiger partial charge >= 0.3 is 12.0 Å². The molecule has 0 spiro atoms. The fourth-order valence-corrected chi connectivity index (χ4v) is 3.71. The Morgan fingerprint density at radius 2 is 1.75 bits per heavy atom. The zero-order valence-corrected chi connectivity index (χ0v) is 22.0. The van der Waals surface area contributed by atoms with Crippen LogP contribution in [0, 0.1) is 0 Å². The van der Waals surface area contributed by atoms with Gasteiger partial charge in [0.05, 0.1) is 13.7 Å². The number of urea groups is 1. The highest BCUT2D eigenvalue weighted by Gasteiger charge is 2.14. The fraction of sp³-hybridized carbons (Fsp3) is 0.448. The lowest BCUT2D eigenvalue weighted by Gasteiger charge is -2.20. The summed E-state index contributed by atoms with van der Waals surface area (Å²) >= 11 is 0. The number of ether oxygens (including phenoxy) is 2. The maximum absolute atomic E-state index is 12.7. The van der Waals surface area contributed by atoms with Crippen molar-refractivity contribution < 1.29 is 24.2 Å². The Morgan fingerprint density at radius 1 is 1.00 bits per heavy atom. The van der Waals surface area contributed by atoms with Gasteiger partial charge in [0.15, 0.2) is 0 Å². The number of carbonyl (C=O) groups is 2. The van der Waals surface area contributed by atoms with Crippen molar-refractivity contribution in [2.45, 2.75) is 58.8 Å². The van der Waals surface area contributed by atoms with Crippen LogP contribution in [-0.4, -0.2) is 44.4 Å². The lowest BCUT2D eigenvalue weighted by Crippen LogP contribution is -2.37. The molecule has 0 unspecified atom stereocenters. The number of rotatable bonds is 15. The van der Waals surface area contributed by atoms with Crippen LogP contribution >= 0.6 is 0 Å². The zero-order valence-electron chi connectivity index (χ0n) is 22.0. The number of unbranched alkanes of at least 4 members (excludes halogenated alkanes) is 5. The molecule has 0 saturated heterocycles. The maximum atomic E-state index is 12.7. The summed E-state index contributed by atoms with van der Waals surface area (Å²) in [6, 6.07) is 13.1. The Kier molecular flexibility index (Phi) is 12.4. The van der Waals surface area contributed by atoms with Crippen molar-refractivity contribution in [3.05, 3.63) is 53.8 Å². The molecule has 0 fully saturated rings. The number of aliphatic carboxylic acids is 1. The van der Waals surface area contributed by atoms with Gasteiger partial charge in [0.25, 0.3) is 0 Å². The minimum atomic E-state index is -1.13. The van der Waals surface area contributed by atoms with Crippen LogP contribution in [0.15, 0.2) is 48.2 Å². The molecular weight excluding hydrogens is 456 g/mol. The number of carboxylic acid groups (broad SMARTS) is 1. The number of methoxy groups -OCH3 is 1. The molecule has 7 nitrogen and oxygen atoms in total. The fourth-order valence-electron chi connectivity index (χ4n) is 3.71. The average molecular weight is 497 g/mol. The quantitative estimate of drug-likeness (QED) is 0.162. The second-order valence-electron chi connectivity index (χ2n) is 8.73.